The van der Waals surface area contributed by atoms with E-state index in [0.29, 0.717) is 42.6 Å². The average Bonchev–Trinajstić information content (AvgIpc) is 2.43. The molecule has 6 heteroatoms. The molecular formula is C15H26N4O2. The third-order valence-corrected chi connectivity index (χ3v) is 3.75. The van der Waals surface area contributed by atoms with Crippen LogP contribution in [0, 0.1) is 11.8 Å². The molecule has 2 rings (SSSR count). The fourth-order valence-corrected chi connectivity index (χ4v) is 3.01. The zero-order valence-corrected chi connectivity index (χ0v) is 13.1. The van der Waals surface area contributed by atoms with Crippen molar-refractivity contribution in [2.24, 2.45) is 17.7 Å². The van der Waals surface area contributed by atoms with Crippen molar-refractivity contribution in [3.8, 4) is 5.88 Å². The first-order valence-corrected chi connectivity index (χ1v) is 7.69. The first-order chi connectivity index (χ1) is 10.1. The second-order valence-corrected chi connectivity index (χ2v) is 5.95. The van der Waals surface area contributed by atoms with Gasteiger partial charge in [-0.05, 0) is 38.0 Å². The largest absolute Gasteiger partial charge is 0.474 e. The molecule has 1 aromatic heterocycles. The van der Waals surface area contributed by atoms with E-state index in [0.717, 1.165) is 12.8 Å². The van der Waals surface area contributed by atoms with Gasteiger partial charge in [0.25, 0.3) is 0 Å². The molecule has 1 saturated carbocycles. The quantitative estimate of drug-likeness (QED) is 0.619. The maximum absolute atomic E-state index is 6.06. The minimum atomic E-state index is 0.212. The van der Waals surface area contributed by atoms with Crippen molar-refractivity contribution in [1.82, 2.24) is 9.97 Å². The lowest BCUT2D eigenvalue weighted by Crippen LogP contribution is -2.29. The Bertz CT molecular complexity index is 445. The third-order valence-electron chi connectivity index (χ3n) is 3.75. The summed E-state index contributed by atoms with van der Waals surface area (Å²) in [5, 5.41) is 0. The Labute approximate surface area is 126 Å². The molecule has 0 spiro atoms. The summed E-state index contributed by atoms with van der Waals surface area (Å²) < 4.78 is 11.4. The summed E-state index contributed by atoms with van der Waals surface area (Å²) >= 11 is 0. The first kappa shape index (κ1) is 16.0. The van der Waals surface area contributed by atoms with Gasteiger partial charge in [-0.15, -0.1) is 0 Å². The molecule has 0 radical (unpaired) electrons. The number of ether oxygens (including phenoxy) is 2. The topological polar surface area (TPSA) is 82.3 Å². The summed E-state index contributed by atoms with van der Waals surface area (Å²) in [6.07, 6.45) is 3.62. The summed E-state index contributed by atoms with van der Waals surface area (Å²) in [6, 6.07) is 1.74. The number of hydrogen-bond donors (Lipinski definition) is 2. The van der Waals surface area contributed by atoms with E-state index in [1.165, 1.54) is 6.42 Å². The standard InChI is InChI=1S/C15H26N4O2/c1-4-20-9-14-17-13(19-16)8-15(18-14)21-12-6-10(2)5-11(3)7-12/h8,10-12H,4-7,9,16H2,1-3H3,(H,17,18,19). The molecule has 1 aliphatic carbocycles. The molecule has 3 N–H and O–H groups in total. The van der Waals surface area contributed by atoms with Gasteiger partial charge in [0, 0.05) is 12.7 Å². The van der Waals surface area contributed by atoms with Crippen molar-refractivity contribution < 1.29 is 9.47 Å². The van der Waals surface area contributed by atoms with Crippen LogP contribution in [-0.2, 0) is 11.3 Å². The highest BCUT2D eigenvalue weighted by atomic mass is 16.5. The predicted molar refractivity (Wildman–Crippen MR) is 81.8 cm³/mol. The average molecular weight is 294 g/mol. The van der Waals surface area contributed by atoms with Crippen molar-refractivity contribution >= 4 is 5.82 Å². The van der Waals surface area contributed by atoms with Crippen LogP contribution in [0.1, 0.15) is 45.9 Å². The number of anilines is 1. The summed E-state index contributed by atoms with van der Waals surface area (Å²) in [5.74, 6) is 8.54. The molecule has 2 unspecified atom stereocenters. The Morgan fingerprint density at radius 1 is 1.24 bits per heavy atom. The number of aromatic nitrogens is 2. The van der Waals surface area contributed by atoms with Crippen LogP contribution in [0.5, 0.6) is 5.88 Å². The van der Waals surface area contributed by atoms with Gasteiger partial charge in [0.1, 0.15) is 18.5 Å². The van der Waals surface area contributed by atoms with Gasteiger partial charge >= 0.3 is 0 Å². The fraction of sp³-hybridized carbons (Fsp3) is 0.733. The number of nitrogen functional groups attached to an aromatic ring is 1. The van der Waals surface area contributed by atoms with E-state index in [4.69, 9.17) is 15.3 Å². The lowest BCUT2D eigenvalue weighted by molar-refractivity contribution is 0.0941. The Hall–Kier alpha value is -1.40. The van der Waals surface area contributed by atoms with Crippen LogP contribution in [0.15, 0.2) is 6.07 Å². The van der Waals surface area contributed by atoms with Crippen molar-refractivity contribution in [2.45, 2.75) is 52.7 Å². The second kappa shape index (κ2) is 7.56. The van der Waals surface area contributed by atoms with Gasteiger partial charge in [0.2, 0.25) is 5.88 Å². The van der Waals surface area contributed by atoms with Crippen LogP contribution in [0.2, 0.25) is 0 Å². The maximum Gasteiger partial charge on any atom is 0.219 e. The molecule has 0 amide bonds. The number of nitrogens with two attached hydrogens (primary N) is 1. The van der Waals surface area contributed by atoms with Gasteiger partial charge in [0.05, 0.1) is 0 Å². The zero-order valence-electron chi connectivity index (χ0n) is 13.1. The molecule has 2 atom stereocenters. The molecule has 0 bridgehead atoms. The minimum absolute atomic E-state index is 0.212. The molecule has 0 saturated heterocycles. The van der Waals surface area contributed by atoms with Gasteiger partial charge in [0.15, 0.2) is 5.82 Å². The van der Waals surface area contributed by atoms with Crippen LogP contribution in [0.25, 0.3) is 0 Å². The van der Waals surface area contributed by atoms with Gasteiger partial charge < -0.3 is 14.9 Å². The highest BCUT2D eigenvalue weighted by molar-refractivity contribution is 5.37. The molecule has 1 heterocycles. The van der Waals surface area contributed by atoms with Crippen LogP contribution < -0.4 is 16.0 Å². The Kier molecular flexibility index (Phi) is 5.76. The van der Waals surface area contributed by atoms with Crippen molar-refractivity contribution in [3.05, 3.63) is 11.9 Å². The van der Waals surface area contributed by atoms with E-state index in [1.807, 2.05) is 6.92 Å². The van der Waals surface area contributed by atoms with Gasteiger partial charge in [-0.2, -0.15) is 4.98 Å². The smallest absolute Gasteiger partial charge is 0.219 e. The molecule has 21 heavy (non-hydrogen) atoms. The summed E-state index contributed by atoms with van der Waals surface area (Å²) in [7, 11) is 0. The molecular weight excluding hydrogens is 268 g/mol. The highest BCUT2D eigenvalue weighted by Gasteiger charge is 2.25. The van der Waals surface area contributed by atoms with E-state index >= 15 is 0 Å². The Morgan fingerprint density at radius 2 is 1.95 bits per heavy atom. The number of hydrazine groups is 1. The SMILES string of the molecule is CCOCc1nc(NN)cc(OC2CC(C)CC(C)C2)n1. The summed E-state index contributed by atoms with van der Waals surface area (Å²) in [5.41, 5.74) is 2.55. The number of rotatable bonds is 6. The molecule has 0 aromatic carbocycles. The minimum Gasteiger partial charge on any atom is -0.474 e. The van der Waals surface area contributed by atoms with E-state index < -0.39 is 0 Å². The van der Waals surface area contributed by atoms with Crippen LogP contribution in [-0.4, -0.2) is 22.7 Å². The Balaban J connectivity index is 2.07. The molecule has 118 valence electrons. The van der Waals surface area contributed by atoms with Crippen molar-refractivity contribution in [3.63, 3.8) is 0 Å². The zero-order chi connectivity index (χ0) is 15.2. The lowest BCUT2D eigenvalue weighted by atomic mass is 9.82. The van der Waals surface area contributed by atoms with Crippen LogP contribution >= 0.6 is 0 Å². The fourth-order valence-electron chi connectivity index (χ4n) is 3.01. The van der Waals surface area contributed by atoms with E-state index in [2.05, 4.69) is 29.2 Å². The van der Waals surface area contributed by atoms with Gasteiger partial charge in [-0.25, -0.2) is 10.8 Å². The van der Waals surface area contributed by atoms with E-state index in [1.54, 1.807) is 6.07 Å². The van der Waals surface area contributed by atoms with Crippen LogP contribution in [0.4, 0.5) is 5.82 Å². The summed E-state index contributed by atoms with van der Waals surface area (Å²) in [4.78, 5) is 8.67. The molecule has 1 aromatic rings. The van der Waals surface area contributed by atoms with E-state index in [9.17, 15) is 0 Å². The second-order valence-electron chi connectivity index (χ2n) is 5.95. The molecule has 1 aliphatic rings. The number of hydrogen-bond acceptors (Lipinski definition) is 6. The number of nitrogens with zero attached hydrogens (tertiary/aromatic N) is 2. The first-order valence-electron chi connectivity index (χ1n) is 7.69. The number of nitrogens with one attached hydrogen (secondary N) is 1. The maximum atomic E-state index is 6.06. The molecule has 6 nitrogen and oxygen atoms in total. The molecule has 0 aliphatic heterocycles. The van der Waals surface area contributed by atoms with Gasteiger partial charge in [-0.3, -0.25) is 0 Å². The van der Waals surface area contributed by atoms with E-state index in [-0.39, 0.29) is 6.10 Å². The highest BCUT2D eigenvalue weighted by Crippen LogP contribution is 2.31. The third kappa shape index (κ3) is 4.82. The van der Waals surface area contributed by atoms with Gasteiger partial charge in [-0.1, -0.05) is 13.8 Å². The normalized spacial score (nSPS) is 25.6. The molecule has 1 fully saturated rings. The van der Waals surface area contributed by atoms with Crippen LogP contribution in [0.3, 0.4) is 0 Å². The Morgan fingerprint density at radius 3 is 2.57 bits per heavy atom. The van der Waals surface area contributed by atoms with Crippen molar-refractivity contribution in [1.29, 1.82) is 0 Å². The summed E-state index contributed by atoms with van der Waals surface area (Å²) in [6.45, 7) is 7.48. The van der Waals surface area contributed by atoms with Crippen molar-refractivity contribution in [2.75, 3.05) is 12.0 Å². The lowest BCUT2D eigenvalue weighted by Gasteiger charge is -2.31. The monoisotopic (exact) mass is 294 g/mol. The predicted octanol–water partition coefficient (Wildman–Crippen LogP) is 2.50.